The predicted octanol–water partition coefficient (Wildman–Crippen LogP) is 3.66. The van der Waals surface area contributed by atoms with Crippen molar-refractivity contribution in [3.8, 4) is 0 Å². The summed E-state index contributed by atoms with van der Waals surface area (Å²) in [6.07, 6.45) is 10.6. The first-order valence-corrected chi connectivity index (χ1v) is 6.42. The Bertz CT molecular complexity index is 197. The zero-order chi connectivity index (χ0) is 11.1. The third-order valence-electron chi connectivity index (χ3n) is 2.74. The molecule has 0 saturated carbocycles. The summed E-state index contributed by atoms with van der Waals surface area (Å²) in [6, 6.07) is 0. The van der Waals surface area contributed by atoms with Gasteiger partial charge in [-0.3, -0.25) is 0 Å². The SMILES string of the molecule is CCCCCCC(Cl)CN1C=CN(C)C1.Cl. The van der Waals surface area contributed by atoms with Gasteiger partial charge in [-0.25, -0.2) is 0 Å². The van der Waals surface area contributed by atoms with E-state index < -0.39 is 0 Å². The van der Waals surface area contributed by atoms with Crippen molar-refractivity contribution in [2.45, 2.75) is 44.4 Å². The number of nitrogens with zero attached hydrogens (tertiary/aromatic N) is 2. The monoisotopic (exact) mass is 266 g/mol. The van der Waals surface area contributed by atoms with Crippen molar-refractivity contribution in [2.24, 2.45) is 0 Å². The molecule has 0 aromatic rings. The highest BCUT2D eigenvalue weighted by Crippen LogP contribution is 2.14. The van der Waals surface area contributed by atoms with E-state index in [0.717, 1.165) is 19.6 Å². The summed E-state index contributed by atoms with van der Waals surface area (Å²) >= 11 is 6.29. The van der Waals surface area contributed by atoms with Crippen molar-refractivity contribution in [3.05, 3.63) is 12.4 Å². The lowest BCUT2D eigenvalue weighted by Crippen LogP contribution is -2.28. The Morgan fingerprint density at radius 2 is 2.00 bits per heavy atom. The van der Waals surface area contributed by atoms with E-state index in [0.29, 0.717) is 5.38 Å². The molecule has 16 heavy (non-hydrogen) atoms. The average Bonchev–Trinajstić information content (AvgIpc) is 2.59. The smallest absolute Gasteiger partial charge is 0.0891 e. The number of unbranched alkanes of at least 4 members (excludes halogenated alkanes) is 3. The number of alkyl halides is 1. The molecule has 0 bridgehead atoms. The number of hydrogen-bond donors (Lipinski definition) is 0. The Morgan fingerprint density at radius 3 is 2.56 bits per heavy atom. The summed E-state index contributed by atoms with van der Waals surface area (Å²) in [6.45, 7) is 4.20. The van der Waals surface area contributed by atoms with Crippen molar-refractivity contribution in [1.29, 1.82) is 0 Å². The van der Waals surface area contributed by atoms with Crippen LogP contribution >= 0.6 is 24.0 Å². The van der Waals surface area contributed by atoms with Gasteiger partial charge in [-0.05, 0) is 6.42 Å². The molecular formula is C12H24Cl2N2. The number of rotatable bonds is 7. The summed E-state index contributed by atoms with van der Waals surface area (Å²) in [4.78, 5) is 4.44. The van der Waals surface area contributed by atoms with Crippen LogP contribution in [0.3, 0.4) is 0 Å². The Hall–Kier alpha value is -0.0800. The molecular weight excluding hydrogens is 243 g/mol. The van der Waals surface area contributed by atoms with Gasteiger partial charge >= 0.3 is 0 Å². The van der Waals surface area contributed by atoms with Crippen molar-refractivity contribution in [1.82, 2.24) is 9.80 Å². The van der Waals surface area contributed by atoms with Gasteiger partial charge in [-0.15, -0.1) is 24.0 Å². The van der Waals surface area contributed by atoms with Gasteiger partial charge in [-0.2, -0.15) is 0 Å². The van der Waals surface area contributed by atoms with E-state index in [4.69, 9.17) is 11.6 Å². The average molecular weight is 267 g/mol. The van der Waals surface area contributed by atoms with Crippen LogP contribution in [0.25, 0.3) is 0 Å². The van der Waals surface area contributed by atoms with E-state index in [2.05, 4.69) is 36.2 Å². The highest BCUT2D eigenvalue weighted by atomic mass is 35.5. The number of halogens is 2. The minimum atomic E-state index is 0. The summed E-state index contributed by atoms with van der Waals surface area (Å²) in [5.74, 6) is 0. The van der Waals surface area contributed by atoms with E-state index in [1.807, 2.05) is 0 Å². The van der Waals surface area contributed by atoms with E-state index in [-0.39, 0.29) is 12.4 Å². The molecule has 0 amide bonds. The van der Waals surface area contributed by atoms with Gasteiger partial charge in [0.05, 0.1) is 12.0 Å². The molecule has 1 aliphatic heterocycles. The van der Waals surface area contributed by atoms with Crippen molar-refractivity contribution in [3.63, 3.8) is 0 Å². The van der Waals surface area contributed by atoms with Gasteiger partial charge in [0, 0.05) is 26.0 Å². The summed E-state index contributed by atoms with van der Waals surface area (Å²) < 4.78 is 0. The topological polar surface area (TPSA) is 6.48 Å². The third kappa shape index (κ3) is 6.49. The molecule has 0 aromatic heterocycles. The van der Waals surface area contributed by atoms with Crippen LogP contribution in [0, 0.1) is 0 Å². The zero-order valence-corrected chi connectivity index (χ0v) is 11.9. The molecule has 0 saturated heterocycles. The first-order valence-electron chi connectivity index (χ1n) is 5.99. The fraction of sp³-hybridized carbons (Fsp3) is 0.833. The van der Waals surface area contributed by atoms with Crippen LogP contribution in [-0.4, -0.2) is 35.4 Å². The molecule has 1 atom stereocenters. The molecule has 2 nitrogen and oxygen atoms in total. The van der Waals surface area contributed by atoms with Gasteiger partial charge < -0.3 is 9.80 Å². The molecule has 4 heteroatoms. The van der Waals surface area contributed by atoms with Crippen LogP contribution in [0.2, 0.25) is 0 Å². The summed E-state index contributed by atoms with van der Waals surface area (Å²) in [5, 5.41) is 0.304. The summed E-state index contributed by atoms with van der Waals surface area (Å²) in [5.41, 5.74) is 0. The largest absolute Gasteiger partial charge is 0.362 e. The Labute approximate surface area is 111 Å². The lowest BCUT2D eigenvalue weighted by molar-refractivity contribution is 0.292. The molecule has 0 radical (unpaired) electrons. The number of hydrogen-bond acceptors (Lipinski definition) is 2. The van der Waals surface area contributed by atoms with Crippen LogP contribution in [0.15, 0.2) is 12.4 Å². The molecule has 96 valence electrons. The minimum Gasteiger partial charge on any atom is -0.362 e. The second kappa shape index (κ2) is 9.00. The van der Waals surface area contributed by atoms with E-state index >= 15 is 0 Å². The molecule has 1 unspecified atom stereocenters. The van der Waals surface area contributed by atoms with Gasteiger partial charge in [0.2, 0.25) is 0 Å². The van der Waals surface area contributed by atoms with Crippen LogP contribution in [0.4, 0.5) is 0 Å². The molecule has 1 rings (SSSR count). The Kier molecular flexibility index (Phi) is 8.96. The van der Waals surface area contributed by atoms with Crippen molar-refractivity contribution < 1.29 is 0 Å². The summed E-state index contributed by atoms with van der Waals surface area (Å²) in [7, 11) is 2.08. The van der Waals surface area contributed by atoms with Gasteiger partial charge in [0.15, 0.2) is 0 Å². The quantitative estimate of drug-likeness (QED) is 0.513. The van der Waals surface area contributed by atoms with Gasteiger partial charge in [-0.1, -0.05) is 32.6 Å². The fourth-order valence-corrected chi connectivity index (χ4v) is 2.18. The second-order valence-corrected chi connectivity index (χ2v) is 5.03. The standard InChI is InChI=1S/C12H23ClN2.ClH/c1-3-4-5-6-7-12(13)10-15-9-8-14(2)11-15;/h8-9,12H,3-7,10-11H2,1-2H3;1H. The Morgan fingerprint density at radius 1 is 1.25 bits per heavy atom. The van der Waals surface area contributed by atoms with Crippen molar-refractivity contribution >= 4 is 24.0 Å². The van der Waals surface area contributed by atoms with Crippen LogP contribution < -0.4 is 0 Å². The van der Waals surface area contributed by atoms with E-state index in [1.165, 1.54) is 25.7 Å². The second-order valence-electron chi connectivity index (χ2n) is 4.41. The maximum absolute atomic E-state index is 6.29. The normalized spacial score (nSPS) is 16.4. The van der Waals surface area contributed by atoms with Gasteiger partial charge in [0.25, 0.3) is 0 Å². The maximum atomic E-state index is 6.29. The third-order valence-corrected chi connectivity index (χ3v) is 3.10. The molecule has 0 N–H and O–H groups in total. The first kappa shape index (κ1) is 15.9. The highest BCUT2D eigenvalue weighted by molar-refractivity contribution is 6.20. The zero-order valence-electron chi connectivity index (χ0n) is 10.4. The first-order chi connectivity index (χ1) is 7.22. The highest BCUT2D eigenvalue weighted by Gasteiger charge is 2.12. The van der Waals surface area contributed by atoms with Crippen LogP contribution in [0.5, 0.6) is 0 Å². The lowest BCUT2D eigenvalue weighted by Gasteiger charge is -2.20. The molecule has 0 spiro atoms. The molecule has 0 fully saturated rings. The molecule has 0 aromatic carbocycles. The predicted molar refractivity (Wildman–Crippen MR) is 74.1 cm³/mol. The van der Waals surface area contributed by atoms with Crippen molar-refractivity contribution in [2.75, 3.05) is 20.3 Å². The molecule has 1 heterocycles. The molecule has 0 aliphatic carbocycles. The van der Waals surface area contributed by atoms with Crippen LogP contribution in [0.1, 0.15) is 39.0 Å². The molecule has 1 aliphatic rings. The lowest BCUT2D eigenvalue weighted by atomic mass is 10.1. The van der Waals surface area contributed by atoms with E-state index in [9.17, 15) is 0 Å². The maximum Gasteiger partial charge on any atom is 0.0891 e. The van der Waals surface area contributed by atoms with Crippen LogP contribution in [-0.2, 0) is 0 Å². The Balaban J connectivity index is 0.00000225. The minimum absolute atomic E-state index is 0. The van der Waals surface area contributed by atoms with E-state index in [1.54, 1.807) is 0 Å². The fourth-order valence-electron chi connectivity index (χ4n) is 1.85. The van der Waals surface area contributed by atoms with Gasteiger partial charge in [0.1, 0.15) is 0 Å².